The number of nitrogens with two attached hydrogens (primary N) is 1. The number of carbonyl (C=O) groups is 1. The third-order valence-electron chi connectivity index (χ3n) is 4.76. The molecule has 0 aliphatic carbocycles. The van der Waals surface area contributed by atoms with Gasteiger partial charge in [-0.3, -0.25) is 4.79 Å². The summed E-state index contributed by atoms with van der Waals surface area (Å²) in [5.41, 5.74) is 5.33. The summed E-state index contributed by atoms with van der Waals surface area (Å²) >= 11 is 1.72. The van der Waals surface area contributed by atoms with Crippen LogP contribution in [0.1, 0.15) is 24.1 Å². The fourth-order valence-electron chi connectivity index (χ4n) is 3.39. The van der Waals surface area contributed by atoms with Crippen LogP contribution in [0.4, 0.5) is 0 Å². The maximum absolute atomic E-state index is 12.2. The van der Waals surface area contributed by atoms with Crippen LogP contribution in [0.25, 0.3) is 0 Å². The predicted molar refractivity (Wildman–Crippen MR) is 97.2 cm³/mol. The van der Waals surface area contributed by atoms with Gasteiger partial charge in [0.1, 0.15) is 11.9 Å². The van der Waals surface area contributed by atoms with Crippen LogP contribution in [-0.4, -0.2) is 25.1 Å². The predicted octanol–water partition coefficient (Wildman–Crippen LogP) is 2.98. The Morgan fingerprint density at radius 1 is 1.21 bits per heavy atom. The zero-order valence-electron chi connectivity index (χ0n) is 13.7. The first-order chi connectivity index (χ1) is 11.7. The maximum atomic E-state index is 12.2. The topological polar surface area (TPSA) is 64.4 Å². The minimum atomic E-state index is -0.470. The molecule has 1 saturated heterocycles. The van der Waals surface area contributed by atoms with Crippen molar-refractivity contribution in [2.24, 2.45) is 11.1 Å². The number of nitrogens with one attached hydrogen (secondary N) is 1. The minimum absolute atomic E-state index is 0.0587. The van der Waals surface area contributed by atoms with E-state index >= 15 is 0 Å². The Labute approximate surface area is 147 Å². The number of piperidine rings is 1. The average molecular weight is 344 g/mol. The van der Waals surface area contributed by atoms with Gasteiger partial charge < -0.3 is 15.8 Å². The lowest BCUT2D eigenvalue weighted by Gasteiger charge is -2.37. The van der Waals surface area contributed by atoms with E-state index in [1.807, 2.05) is 36.4 Å². The molecule has 1 aliphatic heterocycles. The Morgan fingerprint density at radius 2 is 1.96 bits per heavy atom. The Balaban J connectivity index is 1.78. The monoisotopic (exact) mass is 344 g/mol. The normalized spacial score (nSPS) is 18.0. The standard InChI is InChI=1S/C19H24N2O2S/c20-18(22)19(8-10-21-11-9-19)14-16(13-17-7-4-12-24-17)23-15-5-2-1-3-6-15/h1-7,12,16,21H,8-11,13-14H2,(H2,20,22). The first kappa shape index (κ1) is 17.0. The number of hydrogen-bond acceptors (Lipinski definition) is 4. The van der Waals surface area contributed by atoms with Crippen molar-refractivity contribution < 1.29 is 9.53 Å². The SMILES string of the molecule is NC(=O)C1(CC(Cc2cccs2)Oc2ccccc2)CCNCC1. The van der Waals surface area contributed by atoms with Crippen molar-refractivity contribution in [2.45, 2.75) is 31.8 Å². The van der Waals surface area contributed by atoms with Gasteiger partial charge in [0.25, 0.3) is 0 Å². The molecule has 2 aromatic rings. The van der Waals surface area contributed by atoms with E-state index in [1.165, 1.54) is 4.88 Å². The van der Waals surface area contributed by atoms with Crippen molar-refractivity contribution in [1.29, 1.82) is 0 Å². The molecule has 1 fully saturated rings. The minimum Gasteiger partial charge on any atom is -0.490 e. The van der Waals surface area contributed by atoms with E-state index in [1.54, 1.807) is 11.3 Å². The summed E-state index contributed by atoms with van der Waals surface area (Å²) in [6.07, 6.45) is 2.96. The van der Waals surface area contributed by atoms with Crippen LogP contribution in [0, 0.1) is 5.41 Å². The molecule has 0 saturated carbocycles. The number of ether oxygens (including phenoxy) is 1. The van der Waals surface area contributed by atoms with Crippen molar-refractivity contribution in [2.75, 3.05) is 13.1 Å². The van der Waals surface area contributed by atoms with Gasteiger partial charge >= 0.3 is 0 Å². The Kier molecular flexibility index (Phi) is 5.53. The van der Waals surface area contributed by atoms with Gasteiger partial charge in [-0.2, -0.15) is 0 Å². The first-order valence-corrected chi connectivity index (χ1v) is 9.31. The molecule has 3 rings (SSSR count). The Hall–Kier alpha value is -1.85. The van der Waals surface area contributed by atoms with Crippen LogP contribution in [0.5, 0.6) is 5.75 Å². The van der Waals surface area contributed by atoms with Crippen molar-refractivity contribution in [1.82, 2.24) is 5.32 Å². The number of primary amides is 1. The summed E-state index contributed by atoms with van der Waals surface area (Å²) in [4.78, 5) is 13.5. The molecule has 128 valence electrons. The molecule has 24 heavy (non-hydrogen) atoms. The summed E-state index contributed by atoms with van der Waals surface area (Å²) < 4.78 is 6.24. The lowest BCUT2D eigenvalue weighted by Crippen LogP contribution is -2.48. The summed E-state index contributed by atoms with van der Waals surface area (Å²) in [7, 11) is 0. The molecule has 0 spiro atoms. The molecule has 1 atom stereocenters. The van der Waals surface area contributed by atoms with E-state index in [0.29, 0.717) is 6.42 Å². The number of carbonyl (C=O) groups excluding carboxylic acids is 1. The number of benzene rings is 1. The molecule has 1 aliphatic rings. The first-order valence-electron chi connectivity index (χ1n) is 8.43. The summed E-state index contributed by atoms with van der Waals surface area (Å²) in [6, 6.07) is 14.0. The van der Waals surface area contributed by atoms with Crippen molar-refractivity contribution >= 4 is 17.2 Å². The largest absolute Gasteiger partial charge is 0.490 e. The Bertz CT molecular complexity index is 637. The molecular formula is C19H24N2O2S. The van der Waals surface area contributed by atoms with Gasteiger partial charge in [0, 0.05) is 11.3 Å². The highest BCUT2D eigenvalue weighted by Gasteiger charge is 2.40. The molecule has 4 nitrogen and oxygen atoms in total. The molecule has 1 amide bonds. The summed E-state index contributed by atoms with van der Waals surface area (Å²) in [6.45, 7) is 1.67. The van der Waals surface area contributed by atoms with Crippen LogP contribution < -0.4 is 15.8 Å². The Morgan fingerprint density at radius 3 is 2.58 bits per heavy atom. The molecule has 2 heterocycles. The maximum Gasteiger partial charge on any atom is 0.223 e. The van der Waals surface area contributed by atoms with Gasteiger partial charge in [-0.15, -0.1) is 11.3 Å². The fourth-order valence-corrected chi connectivity index (χ4v) is 4.16. The second kappa shape index (κ2) is 7.81. The molecule has 0 radical (unpaired) electrons. The van der Waals surface area contributed by atoms with E-state index in [0.717, 1.165) is 38.1 Å². The van der Waals surface area contributed by atoms with E-state index in [9.17, 15) is 4.79 Å². The highest BCUT2D eigenvalue weighted by molar-refractivity contribution is 7.09. The summed E-state index contributed by atoms with van der Waals surface area (Å²) in [5.74, 6) is 0.643. The second-order valence-electron chi connectivity index (χ2n) is 6.44. The molecule has 5 heteroatoms. The highest BCUT2D eigenvalue weighted by Crippen LogP contribution is 2.36. The van der Waals surface area contributed by atoms with Gasteiger partial charge in [-0.1, -0.05) is 24.3 Å². The highest BCUT2D eigenvalue weighted by atomic mass is 32.1. The van der Waals surface area contributed by atoms with Gasteiger partial charge in [-0.05, 0) is 55.9 Å². The zero-order valence-corrected chi connectivity index (χ0v) is 14.6. The number of para-hydroxylation sites is 1. The third kappa shape index (κ3) is 4.16. The number of hydrogen-bond donors (Lipinski definition) is 2. The van der Waals surface area contributed by atoms with Gasteiger partial charge in [0.15, 0.2) is 0 Å². The quantitative estimate of drug-likeness (QED) is 0.811. The van der Waals surface area contributed by atoms with E-state index < -0.39 is 5.41 Å². The van der Waals surface area contributed by atoms with Crippen LogP contribution in [0.15, 0.2) is 47.8 Å². The zero-order chi connectivity index (χ0) is 16.8. The molecule has 3 N–H and O–H groups in total. The lowest BCUT2D eigenvalue weighted by molar-refractivity contribution is -0.131. The molecular weight excluding hydrogens is 320 g/mol. The lowest BCUT2D eigenvalue weighted by atomic mass is 9.73. The fraction of sp³-hybridized carbons (Fsp3) is 0.421. The number of rotatable bonds is 7. The van der Waals surface area contributed by atoms with E-state index in [-0.39, 0.29) is 12.0 Å². The van der Waals surface area contributed by atoms with Crippen molar-refractivity contribution in [3.8, 4) is 5.75 Å². The van der Waals surface area contributed by atoms with Crippen LogP contribution in [0.3, 0.4) is 0 Å². The number of amides is 1. The van der Waals surface area contributed by atoms with Crippen molar-refractivity contribution in [3.05, 3.63) is 52.7 Å². The summed E-state index contributed by atoms with van der Waals surface area (Å²) in [5, 5.41) is 5.39. The third-order valence-corrected chi connectivity index (χ3v) is 5.66. The van der Waals surface area contributed by atoms with E-state index in [2.05, 4.69) is 16.8 Å². The second-order valence-corrected chi connectivity index (χ2v) is 7.47. The smallest absolute Gasteiger partial charge is 0.223 e. The van der Waals surface area contributed by atoms with Gasteiger partial charge in [0.2, 0.25) is 5.91 Å². The van der Waals surface area contributed by atoms with E-state index in [4.69, 9.17) is 10.5 Å². The van der Waals surface area contributed by atoms with Crippen LogP contribution >= 0.6 is 11.3 Å². The van der Waals surface area contributed by atoms with Crippen molar-refractivity contribution in [3.63, 3.8) is 0 Å². The molecule has 1 aromatic carbocycles. The molecule has 0 bridgehead atoms. The van der Waals surface area contributed by atoms with Gasteiger partial charge in [-0.25, -0.2) is 0 Å². The molecule has 1 unspecified atom stereocenters. The molecule has 1 aromatic heterocycles. The van der Waals surface area contributed by atoms with Gasteiger partial charge in [0.05, 0.1) is 5.41 Å². The van der Waals surface area contributed by atoms with Crippen LogP contribution in [0.2, 0.25) is 0 Å². The number of thiophene rings is 1. The average Bonchev–Trinajstić information content (AvgIpc) is 3.09. The van der Waals surface area contributed by atoms with Crippen LogP contribution in [-0.2, 0) is 11.2 Å².